The number of hydrogen-bond acceptors (Lipinski definition) is 7. The molecule has 1 heterocycles. The molecule has 2 aromatic rings. The van der Waals surface area contributed by atoms with E-state index < -0.39 is 39.8 Å². The zero-order valence-corrected chi connectivity index (χ0v) is 27.8. The lowest BCUT2D eigenvalue weighted by atomic mass is 9.86. The normalized spacial score (nSPS) is 19.5. The van der Waals surface area contributed by atoms with Gasteiger partial charge in [-0.05, 0) is 75.4 Å². The maximum Gasteiger partial charge on any atom is 0.418 e. The SMILES string of the molecule is CCOCCN1CCN(C(=O)C=Cc2ccc(Sc3cccc(NC4CCC(C(=O)OCC)CC4)c3)c(C(F)(F)F)c2C(F)(F)F)CC1. The van der Waals surface area contributed by atoms with Crippen molar-refractivity contribution in [1.82, 2.24) is 9.80 Å². The van der Waals surface area contributed by atoms with Crippen LogP contribution in [0, 0.1) is 5.92 Å². The number of amides is 1. The van der Waals surface area contributed by atoms with Gasteiger partial charge in [0, 0.05) is 66.9 Å². The van der Waals surface area contributed by atoms with Crippen molar-refractivity contribution in [3.05, 3.63) is 59.2 Å². The quantitative estimate of drug-likeness (QED) is 0.106. The molecule has 14 heteroatoms. The zero-order valence-electron chi connectivity index (χ0n) is 27.0. The Hall–Kier alpha value is -3.23. The number of benzene rings is 2. The summed E-state index contributed by atoms with van der Waals surface area (Å²) in [6.07, 6.45) is -6.29. The molecule has 2 aromatic carbocycles. The molecular formula is C34H41F6N3O4S. The second-order valence-corrected chi connectivity index (χ2v) is 12.8. The lowest BCUT2D eigenvalue weighted by Crippen LogP contribution is -2.49. The predicted octanol–water partition coefficient (Wildman–Crippen LogP) is 7.60. The minimum Gasteiger partial charge on any atom is -0.466 e. The fourth-order valence-corrected chi connectivity index (χ4v) is 6.99. The third kappa shape index (κ3) is 10.4. The van der Waals surface area contributed by atoms with Crippen LogP contribution in [0.2, 0.25) is 0 Å². The highest BCUT2D eigenvalue weighted by Gasteiger charge is 2.46. The molecule has 0 atom stereocenters. The lowest BCUT2D eigenvalue weighted by Gasteiger charge is -2.34. The number of carbonyl (C=O) groups is 2. The van der Waals surface area contributed by atoms with E-state index in [-0.39, 0.29) is 17.9 Å². The van der Waals surface area contributed by atoms with Gasteiger partial charge in [0.25, 0.3) is 0 Å². The second-order valence-electron chi connectivity index (χ2n) is 11.7. The number of piperazine rings is 1. The van der Waals surface area contributed by atoms with E-state index in [0.717, 1.165) is 24.3 Å². The molecule has 0 bridgehead atoms. The van der Waals surface area contributed by atoms with Crippen LogP contribution in [-0.4, -0.2) is 80.3 Å². The highest BCUT2D eigenvalue weighted by Crippen LogP contribution is 2.48. The number of alkyl halides is 6. The van der Waals surface area contributed by atoms with Gasteiger partial charge < -0.3 is 19.7 Å². The average Bonchev–Trinajstić information content (AvgIpc) is 3.04. The largest absolute Gasteiger partial charge is 0.466 e. The summed E-state index contributed by atoms with van der Waals surface area (Å²) >= 11 is 0.586. The zero-order chi connectivity index (χ0) is 34.9. The first-order valence-electron chi connectivity index (χ1n) is 16.1. The molecule has 1 amide bonds. The summed E-state index contributed by atoms with van der Waals surface area (Å²) in [5, 5.41) is 3.34. The molecule has 4 rings (SSSR count). The van der Waals surface area contributed by atoms with E-state index >= 15 is 0 Å². The molecule has 2 aliphatic rings. The molecule has 48 heavy (non-hydrogen) atoms. The Morgan fingerprint density at radius 1 is 0.917 bits per heavy atom. The standard InChI is InChI=1S/C34H41F6N3O4S/c1-3-46-21-20-42-16-18-43(19-17-42)29(44)15-11-23-10-14-28(31(34(38,39)40)30(23)33(35,36)37)48-27-7-5-6-26(22-27)41-25-12-8-24(9-13-25)32(45)47-4-2/h5-7,10-11,14-15,22,24-25,41H,3-4,8-9,12-13,16-21H2,1-2H3. The molecule has 1 saturated heterocycles. The number of nitrogens with one attached hydrogen (secondary N) is 1. The Morgan fingerprint density at radius 2 is 1.60 bits per heavy atom. The Kier molecular flexibility index (Phi) is 13.3. The van der Waals surface area contributed by atoms with E-state index in [0.29, 0.717) is 101 Å². The van der Waals surface area contributed by atoms with Crippen LogP contribution in [0.4, 0.5) is 32.0 Å². The molecule has 7 nitrogen and oxygen atoms in total. The Labute approximate surface area is 281 Å². The minimum absolute atomic E-state index is 0.0246. The molecule has 0 aromatic heterocycles. The Bertz CT molecular complexity index is 1420. The molecule has 0 radical (unpaired) electrons. The molecule has 1 aliphatic carbocycles. The number of esters is 1. The first-order chi connectivity index (χ1) is 22.8. The van der Waals surface area contributed by atoms with Gasteiger partial charge in [-0.15, -0.1) is 0 Å². The minimum atomic E-state index is -5.35. The number of rotatable bonds is 12. The van der Waals surface area contributed by atoms with Crippen molar-refractivity contribution in [3.8, 4) is 0 Å². The van der Waals surface area contributed by atoms with Crippen molar-refractivity contribution < 1.29 is 45.4 Å². The summed E-state index contributed by atoms with van der Waals surface area (Å²) in [7, 11) is 0. The maximum atomic E-state index is 14.4. The molecule has 1 N–H and O–H groups in total. The molecule has 0 spiro atoms. The van der Waals surface area contributed by atoms with Gasteiger partial charge in [-0.25, -0.2) is 0 Å². The maximum absolute atomic E-state index is 14.4. The van der Waals surface area contributed by atoms with Crippen molar-refractivity contribution in [3.63, 3.8) is 0 Å². The van der Waals surface area contributed by atoms with E-state index in [1.807, 2.05) is 6.92 Å². The van der Waals surface area contributed by atoms with Crippen molar-refractivity contribution in [2.45, 2.75) is 67.7 Å². The average molecular weight is 702 g/mol. The predicted molar refractivity (Wildman–Crippen MR) is 172 cm³/mol. The van der Waals surface area contributed by atoms with Crippen LogP contribution in [-0.2, 0) is 31.4 Å². The van der Waals surface area contributed by atoms with E-state index in [1.54, 1.807) is 25.1 Å². The molecule has 1 aliphatic heterocycles. The van der Waals surface area contributed by atoms with Crippen LogP contribution < -0.4 is 5.32 Å². The number of halogens is 6. The van der Waals surface area contributed by atoms with Gasteiger partial charge in [0.2, 0.25) is 5.91 Å². The van der Waals surface area contributed by atoms with Gasteiger partial charge in [-0.3, -0.25) is 14.5 Å². The summed E-state index contributed by atoms with van der Waals surface area (Å²) < 4.78 is 96.8. The summed E-state index contributed by atoms with van der Waals surface area (Å²) in [5.41, 5.74) is -3.76. The van der Waals surface area contributed by atoms with Gasteiger partial charge in [0.05, 0.1) is 30.3 Å². The summed E-state index contributed by atoms with van der Waals surface area (Å²) in [6.45, 7) is 7.56. The molecular weight excluding hydrogens is 660 g/mol. The van der Waals surface area contributed by atoms with Gasteiger partial charge >= 0.3 is 18.3 Å². The fraction of sp³-hybridized carbons (Fsp3) is 0.529. The van der Waals surface area contributed by atoms with Gasteiger partial charge in [0.1, 0.15) is 0 Å². The topological polar surface area (TPSA) is 71.1 Å². The number of anilines is 1. The molecule has 2 fully saturated rings. The number of nitrogens with zero attached hydrogens (tertiary/aromatic N) is 2. The van der Waals surface area contributed by atoms with Crippen LogP contribution >= 0.6 is 11.8 Å². The van der Waals surface area contributed by atoms with E-state index in [2.05, 4.69) is 10.2 Å². The van der Waals surface area contributed by atoms with Crippen molar-refractivity contribution in [2.24, 2.45) is 5.92 Å². The smallest absolute Gasteiger partial charge is 0.418 e. The van der Waals surface area contributed by atoms with Gasteiger partial charge in [0.15, 0.2) is 0 Å². The second kappa shape index (κ2) is 16.9. The Morgan fingerprint density at radius 3 is 2.23 bits per heavy atom. The Balaban J connectivity index is 1.50. The highest BCUT2D eigenvalue weighted by atomic mass is 32.2. The molecule has 0 unspecified atom stereocenters. The molecule has 1 saturated carbocycles. The van der Waals surface area contributed by atoms with Crippen molar-refractivity contribution in [1.29, 1.82) is 0 Å². The monoisotopic (exact) mass is 701 g/mol. The summed E-state index contributed by atoms with van der Waals surface area (Å²) in [4.78, 5) is 28.1. The van der Waals surface area contributed by atoms with E-state index in [9.17, 15) is 35.9 Å². The van der Waals surface area contributed by atoms with Crippen LogP contribution in [0.5, 0.6) is 0 Å². The van der Waals surface area contributed by atoms with E-state index in [4.69, 9.17) is 9.47 Å². The lowest BCUT2D eigenvalue weighted by molar-refractivity contribution is -0.163. The van der Waals surface area contributed by atoms with Crippen LogP contribution in [0.1, 0.15) is 56.2 Å². The summed E-state index contributed by atoms with van der Waals surface area (Å²) in [5.74, 6) is -0.960. The van der Waals surface area contributed by atoms with Crippen LogP contribution in [0.3, 0.4) is 0 Å². The number of hydrogen-bond donors (Lipinski definition) is 1. The third-order valence-corrected chi connectivity index (χ3v) is 9.44. The van der Waals surface area contributed by atoms with Gasteiger partial charge in [-0.2, -0.15) is 26.3 Å². The summed E-state index contributed by atoms with van der Waals surface area (Å²) in [6, 6.07) is 8.49. The first-order valence-corrected chi connectivity index (χ1v) is 16.9. The van der Waals surface area contributed by atoms with Crippen LogP contribution in [0.15, 0.2) is 52.3 Å². The molecule has 264 valence electrons. The fourth-order valence-electron chi connectivity index (χ4n) is 5.95. The number of carbonyl (C=O) groups excluding carboxylic acids is 2. The van der Waals surface area contributed by atoms with Crippen molar-refractivity contribution >= 4 is 35.4 Å². The van der Waals surface area contributed by atoms with Crippen LogP contribution in [0.25, 0.3) is 6.08 Å². The number of ether oxygens (including phenoxy) is 2. The third-order valence-electron chi connectivity index (χ3n) is 8.39. The van der Waals surface area contributed by atoms with Gasteiger partial charge in [-0.1, -0.05) is 23.9 Å². The van der Waals surface area contributed by atoms with Crippen molar-refractivity contribution in [2.75, 3.05) is 57.9 Å². The van der Waals surface area contributed by atoms with E-state index in [1.165, 1.54) is 11.0 Å². The first kappa shape index (κ1) is 37.6. The highest BCUT2D eigenvalue weighted by molar-refractivity contribution is 7.99.